The second kappa shape index (κ2) is 9.39. The molecule has 3 aromatic rings. The second-order valence-electron chi connectivity index (χ2n) is 8.12. The maximum atomic E-state index is 13.7. The van der Waals surface area contributed by atoms with Crippen LogP contribution in [-0.4, -0.2) is 30.0 Å². The molecule has 0 saturated carbocycles. The number of rotatable bonds is 6. The molecular weight excluding hydrogens is 437 g/mol. The summed E-state index contributed by atoms with van der Waals surface area (Å²) in [7, 11) is 1.50. The van der Waals surface area contributed by atoms with Crippen molar-refractivity contribution in [3.05, 3.63) is 95.3 Å². The number of anilines is 1. The zero-order valence-electron chi connectivity index (χ0n) is 19.0. The van der Waals surface area contributed by atoms with E-state index >= 15 is 0 Å². The highest BCUT2D eigenvalue weighted by molar-refractivity contribution is 6.51. The first-order chi connectivity index (χ1) is 16.3. The average molecular weight is 461 g/mol. The molecule has 1 atom stereocenters. The van der Waals surface area contributed by atoms with Gasteiger partial charge in [0.05, 0.1) is 24.8 Å². The van der Waals surface area contributed by atoms with E-state index in [0.717, 1.165) is 0 Å². The van der Waals surface area contributed by atoms with Crippen molar-refractivity contribution in [3.8, 4) is 11.5 Å². The average Bonchev–Trinajstić information content (AvgIpc) is 3.09. The number of halogens is 1. The summed E-state index contributed by atoms with van der Waals surface area (Å²) in [5.41, 5.74) is 1.11. The maximum Gasteiger partial charge on any atom is 0.300 e. The molecule has 0 bridgehead atoms. The molecular formula is C27H24FNO5. The van der Waals surface area contributed by atoms with Gasteiger partial charge in [-0.3, -0.25) is 14.5 Å². The highest BCUT2D eigenvalue weighted by Crippen LogP contribution is 2.43. The van der Waals surface area contributed by atoms with Crippen LogP contribution in [0.25, 0.3) is 5.76 Å². The summed E-state index contributed by atoms with van der Waals surface area (Å²) >= 11 is 0. The minimum Gasteiger partial charge on any atom is -0.507 e. The Labute approximate surface area is 196 Å². The van der Waals surface area contributed by atoms with Gasteiger partial charge in [-0.15, -0.1) is 0 Å². The molecule has 0 aliphatic carbocycles. The van der Waals surface area contributed by atoms with E-state index < -0.39 is 23.5 Å². The van der Waals surface area contributed by atoms with Gasteiger partial charge in [0.25, 0.3) is 11.7 Å². The van der Waals surface area contributed by atoms with Crippen LogP contribution in [0.3, 0.4) is 0 Å². The lowest BCUT2D eigenvalue weighted by Crippen LogP contribution is -2.29. The van der Waals surface area contributed by atoms with Gasteiger partial charge in [0, 0.05) is 17.3 Å². The van der Waals surface area contributed by atoms with Gasteiger partial charge >= 0.3 is 0 Å². The molecule has 4 rings (SSSR count). The van der Waals surface area contributed by atoms with Crippen LogP contribution in [-0.2, 0) is 9.59 Å². The van der Waals surface area contributed by atoms with Crippen molar-refractivity contribution in [1.29, 1.82) is 0 Å². The highest BCUT2D eigenvalue weighted by Gasteiger charge is 2.47. The summed E-state index contributed by atoms with van der Waals surface area (Å²) in [6.07, 6.45) is -0.0877. The molecule has 1 amide bonds. The van der Waals surface area contributed by atoms with E-state index in [0.29, 0.717) is 28.3 Å². The van der Waals surface area contributed by atoms with Crippen LogP contribution < -0.4 is 14.4 Å². The molecule has 1 unspecified atom stereocenters. The minimum absolute atomic E-state index is 0.0877. The molecule has 1 aliphatic rings. The van der Waals surface area contributed by atoms with Crippen molar-refractivity contribution < 1.29 is 28.6 Å². The predicted molar refractivity (Wildman–Crippen MR) is 126 cm³/mol. The quantitative estimate of drug-likeness (QED) is 0.308. The number of hydrogen-bond donors (Lipinski definition) is 1. The van der Waals surface area contributed by atoms with Gasteiger partial charge in [-0.05, 0) is 55.8 Å². The Bertz CT molecular complexity index is 1270. The Kier molecular flexibility index (Phi) is 6.36. The number of aliphatic hydroxyl groups is 1. The lowest BCUT2D eigenvalue weighted by molar-refractivity contribution is -0.132. The van der Waals surface area contributed by atoms with Gasteiger partial charge in [0.15, 0.2) is 0 Å². The van der Waals surface area contributed by atoms with E-state index in [-0.39, 0.29) is 17.4 Å². The number of carbonyl (C=O) groups is 2. The lowest BCUT2D eigenvalue weighted by Gasteiger charge is -2.25. The Balaban J connectivity index is 1.90. The molecule has 7 heteroatoms. The van der Waals surface area contributed by atoms with E-state index in [4.69, 9.17) is 9.47 Å². The zero-order chi connectivity index (χ0) is 24.4. The number of benzene rings is 3. The summed E-state index contributed by atoms with van der Waals surface area (Å²) < 4.78 is 24.7. The van der Waals surface area contributed by atoms with Crippen molar-refractivity contribution in [3.63, 3.8) is 0 Å². The van der Waals surface area contributed by atoms with Gasteiger partial charge in [0.1, 0.15) is 23.1 Å². The third-order valence-corrected chi connectivity index (χ3v) is 5.44. The van der Waals surface area contributed by atoms with E-state index in [1.165, 1.54) is 36.3 Å². The Morgan fingerprint density at radius 1 is 0.971 bits per heavy atom. The van der Waals surface area contributed by atoms with Crippen LogP contribution in [0.4, 0.5) is 10.1 Å². The fraction of sp³-hybridized carbons (Fsp3) is 0.185. The highest BCUT2D eigenvalue weighted by atomic mass is 19.1. The number of amides is 1. The number of hydrogen-bond acceptors (Lipinski definition) is 5. The van der Waals surface area contributed by atoms with Crippen molar-refractivity contribution in [2.75, 3.05) is 12.0 Å². The Morgan fingerprint density at radius 2 is 1.65 bits per heavy atom. The molecule has 0 aromatic heterocycles. The van der Waals surface area contributed by atoms with Crippen LogP contribution in [0.5, 0.6) is 11.5 Å². The van der Waals surface area contributed by atoms with Crippen molar-refractivity contribution in [1.82, 2.24) is 0 Å². The summed E-state index contributed by atoms with van der Waals surface area (Å²) in [4.78, 5) is 27.7. The monoisotopic (exact) mass is 461 g/mol. The fourth-order valence-electron chi connectivity index (χ4n) is 3.96. The molecule has 1 aliphatic heterocycles. The predicted octanol–water partition coefficient (Wildman–Crippen LogP) is 5.25. The first-order valence-corrected chi connectivity index (χ1v) is 10.8. The molecule has 34 heavy (non-hydrogen) atoms. The number of methoxy groups -OCH3 is 1. The van der Waals surface area contributed by atoms with Gasteiger partial charge in [-0.25, -0.2) is 4.39 Å². The summed E-state index contributed by atoms with van der Waals surface area (Å²) in [5, 5.41) is 11.2. The molecule has 1 fully saturated rings. The smallest absolute Gasteiger partial charge is 0.300 e. The Morgan fingerprint density at radius 3 is 2.32 bits per heavy atom. The van der Waals surface area contributed by atoms with E-state index in [1.54, 1.807) is 48.5 Å². The SMILES string of the molecule is COc1cccc(N2C(=O)C(=O)/C(=C(/O)c3cccc(OC(C)C)c3)C2c2ccc(F)cc2)c1. The summed E-state index contributed by atoms with van der Waals surface area (Å²) in [5.74, 6) is -1.44. The number of carbonyl (C=O) groups excluding carboxylic acids is 2. The molecule has 3 aromatic carbocycles. The summed E-state index contributed by atoms with van der Waals surface area (Å²) in [6, 6.07) is 17.9. The molecule has 1 N–H and O–H groups in total. The molecule has 6 nitrogen and oxygen atoms in total. The lowest BCUT2D eigenvalue weighted by atomic mass is 9.95. The first-order valence-electron chi connectivity index (χ1n) is 10.8. The normalized spacial score (nSPS) is 17.3. The number of ether oxygens (including phenoxy) is 2. The second-order valence-corrected chi connectivity index (χ2v) is 8.12. The zero-order valence-corrected chi connectivity index (χ0v) is 19.0. The first kappa shape index (κ1) is 23.0. The van der Waals surface area contributed by atoms with Crippen molar-refractivity contribution >= 4 is 23.1 Å². The van der Waals surface area contributed by atoms with Gasteiger partial charge < -0.3 is 14.6 Å². The topological polar surface area (TPSA) is 76.1 Å². The van der Waals surface area contributed by atoms with E-state index in [2.05, 4.69) is 0 Å². The van der Waals surface area contributed by atoms with E-state index in [1.807, 2.05) is 13.8 Å². The molecule has 1 saturated heterocycles. The minimum atomic E-state index is -0.970. The largest absolute Gasteiger partial charge is 0.507 e. The van der Waals surface area contributed by atoms with Crippen LogP contribution in [0.2, 0.25) is 0 Å². The molecule has 1 heterocycles. The molecule has 174 valence electrons. The van der Waals surface area contributed by atoms with Crippen LogP contribution >= 0.6 is 0 Å². The number of ketones is 1. The molecule has 0 spiro atoms. The van der Waals surface area contributed by atoms with Gasteiger partial charge in [0.2, 0.25) is 0 Å². The number of nitrogens with zero attached hydrogens (tertiary/aromatic N) is 1. The maximum absolute atomic E-state index is 13.7. The third-order valence-electron chi connectivity index (χ3n) is 5.44. The molecule has 0 radical (unpaired) electrons. The van der Waals surface area contributed by atoms with Gasteiger partial charge in [-0.2, -0.15) is 0 Å². The number of aliphatic hydroxyl groups excluding tert-OH is 1. The standard InChI is InChI=1S/C27H24FNO5/c1-16(2)34-22-9-4-6-18(14-22)25(30)23-24(17-10-12-19(28)13-11-17)29(27(32)26(23)31)20-7-5-8-21(15-20)33-3/h4-16,24,30H,1-3H3/b25-23+. The van der Waals surface area contributed by atoms with Crippen LogP contribution in [0, 0.1) is 5.82 Å². The van der Waals surface area contributed by atoms with Crippen LogP contribution in [0.15, 0.2) is 78.4 Å². The van der Waals surface area contributed by atoms with Crippen molar-refractivity contribution in [2.45, 2.75) is 26.0 Å². The van der Waals surface area contributed by atoms with Gasteiger partial charge in [-0.1, -0.05) is 30.3 Å². The number of Topliss-reactive ketones (excluding diaryl/α,β-unsaturated/α-hetero) is 1. The summed E-state index contributed by atoms with van der Waals surface area (Å²) in [6.45, 7) is 3.75. The Hall–Kier alpha value is -4.13. The fourth-order valence-corrected chi connectivity index (χ4v) is 3.96. The van der Waals surface area contributed by atoms with E-state index in [9.17, 15) is 19.1 Å². The van der Waals surface area contributed by atoms with Crippen LogP contribution in [0.1, 0.15) is 31.0 Å². The third kappa shape index (κ3) is 4.37. The van der Waals surface area contributed by atoms with Crippen molar-refractivity contribution in [2.24, 2.45) is 0 Å².